The van der Waals surface area contributed by atoms with Gasteiger partial charge in [0.25, 0.3) is 0 Å². The van der Waals surface area contributed by atoms with Crippen molar-refractivity contribution in [1.29, 1.82) is 0 Å². The van der Waals surface area contributed by atoms with Gasteiger partial charge in [0, 0.05) is 19.0 Å². The minimum absolute atomic E-state index is 0.212. The Balaban J connectivity index is 1.34. The van der Waals surface area contributed by atoms with Crippen molar-refractivity contribution < 1.29 is 4.79 Å². The highest BCUT2D eigenvalue weighted by molar-refractivity contribution is 5.78. The summed E-state index contributed by atoms with van der Waals surface area (Å²) in [6, 6.07) is 10.9. The fourth-order valence-electron chi connectivity index (χ4n) is 3.98. The molecule has 2 fully saturated rings. The second-order valence-electron chi connectivity index (χ2n) is 7.20. The van der Waals surface area contributed by atoms with E-state index in [0.29, 0.717) is 5.92 Å². The van der Waals surface area contributed by atoms with Gasteiger partial charge in [0.1, 0.15) is 0 Å². The summed E-state index contributed by atoms with van der Waals surface area (Å²) < 4.78 is 0. The van der Waals surface area contributed by atoms with Crippen LogP contribution in [0.5, 0.6) is 0 Å². The summed E-state index contributed by atoms with van der Waals surface area (Å²) in [5.74, 6) is 1.18. The standard InChI is InChI=1S/C20H31N3O/c24-20(19-7-4-11-21-12-8-19)22-13-16-23-14-9-18(10-15-23)17-5-2-1-3-6-17/h1-3,5-6,18-19,21H,4,7-16H2,(H,22,24)/t19-/m0/s1. The molecule has 2 aliphatic rings. The topological polar surface area (TPSA) is 44.4 Å². The molecule has 0 radical (unpaired) electrons. The fourth-order valence-corrected chi connectivity index (χ4v) is 3.98. The van der Waals surface area contributed by atoms with Crippen LogP contribution in [0.15, 0.2) is 30.3 Å². The molecule has 0 aromatic heterocycles. The molecule has 1 atom stereocenters. The van der Waals surface area contributed by atoms with Gasteiger partial charge >= 0.3 is 0 Å². The van der Waals surface area contributed by atoms with Crippen LogP contribution >= 0.6 is 0 Å². The number of rotatable bonds is 5. The molecule has 0 aliphatic carbocycles. The largest absolute Gasteiger partial charge is 0.355 e. The predicted molar refractivity (Wildman–Crippen MR) is 98.1 cm³/mol. The molecular weight excluding hydrogens is 298 g/mol. The van der Waals surface area contributed by atoms with Crippen molar-refractivity contribution in [3.63, 3.8) is 0 Å². The van der Waals surface area contributed by atoms with E-state index in [4.69, 9.17) is 0 Å². The quantitative estimate of drug-likeness (QED) is 0.872. The third-order valence-corrected chi connectivity index (χ3v) is 5.53. The lowest BCUT2D eigenvalue weighted by Crippen LogP contribution is -2.40. The van der Waals surface area contributed by atoms with Crippen LogP contribution in [0, 0.1) is 5.92 Å². The number of likely N-dealkylation sites (tertiary alicyclic amines) is 1. The number of amides is 1. The zero-order chi connectivity index (χ0) is 16.6. The van der Waals surface area contributed by atoms with Crippen LogP contribution < -0.4 is 10.6 Å². The second-order valence-corrected chi connectivity index (χ2v) is 7.20. The summed E-state index contributed by atoms with van der Waals surface area (Å²) >= 11 is 0. The molecule has 2 heterocycles. The maximum atomic E-state index is 12.3. The van der Waals surface area contributed by atoms with E-state index in [2.05, 4.69) is 45.9 Å². The van der Waals surface area contributed by atoms with Gasteiger partial charge in [0.15, 0.2) is 0 Å². The van der Waals surface area contributed by atoms with E-state index in [1.807, 2.05) is 0 Å². The highest BCUT2D eigenvalue weighted by Crippen LogP contribution is 2.27. The average molecular weight is 329 g/mol. The lowest BCUT2D eigenvalue weighted by molar-refractivity contribution is -0.125. The van der Waals surface area contributed by atoms with Crippen LogP contribution in [0.25, 0.3) is 0 Å². The molecule has 0 saturated carbocycles. The Hall–Kier alpha value is -1.39. The molecule has 2 N–H and O–H groups in total. The first-order valence-electron chi connectivity index (χ1n) is 9.58. The molecule has 3 rings (SSSR count). The Labute approximate surface area is 146 Å². The van der Waals surface area contributed by atoms with E-state index in [1.165, 1.54) is 18.4 Å². The van der Waals surface area contributed by atoms with Gasteiger partial charge in [-0.2, -0.15) is 0 Å². The summed E-state index contributed by atoms with van der Waals surface area (Å²) in [4.78, 5) is 14.8. The van der Waals surface area contributed by atoms with Gasteiger partial charge in [-0.3, -0.25) is 4.79 Å². The number of carbonyl (C=O) groups is 1. The maximum Gasteiger partial charge on any atom is 0.223 e. The van der Waals surface area contributed by atoms with E-state index >= 15 is 0 Å². The summed E-state index contributed by atoms with van der Waals surface area (Å²) in [5.41, 5.74) is 1.48. The van der Waals surface area contributed by atoms with Crippen molar-refractivity contribution in [3.8, 4) is 0 Å². The molecule has 2 aliphatic heterocycles. The van der Waals surface area contributed by atoms with Crippen LogP contribution in [0.2, 0.25) is 0 Å². The zero-order valence-corrected chi connectivity index (χ0v) is 14.7. The first kappa shape index (κ1) is 17.4. The lowest BCUT2D eigenvalue weighted by atomic mass is 9.89. The highest BCUT2D eigenvalue weighted by Gasteiger charge is 2.22. The molecule has 0 spiro atoms. The Morgan fingerprint density at radius 2 is 1.88 bits per heavy atom. The maximum absolute atomic E-state index is 12.3. The third-order valence-electron chi connectivity index (χ3n) is 5.53. The molecule has 4 heteroatoms. The smallest absolute Gasteiger partial charge is 0.223 e. The normalized spacial score (nSPS) is 23.6. The number of piperidine rings is 1. The van der Waals surface area contributed by atoms with Crippen molar-refractivity contribution in [2.45, 2.75) is 38.0 Å². The number of nitrogens with zero attached hydrogens (tertiary/aromatic N) is 1. The predicted octanol–water partition coefficient (Wildman–Crippen LogP) is 2.37. The summed E-state index contributed by atoms with van der Waals surface area (Å²) in [5, 5.41) is 6.53. The molecule has 132 valence electrons. The van der Waals surface area contributed by atoms with E-state index in [9.17, 15) is 4.79 Å². The molecule has 2 saturated heterocycles. The molecule has 0 unspecified atom stereocenters. The van der Waals surface area contributed by atoms with E-state index in [1.54, 1.807) is 0 Å². The summed E-state index contributed by atoms with van der Waals surface area (Å²) in [7, 11) is 0. The fraction of sp³-hybridized carbons (Fsp3) is 0.650. The van der Waals surface area contributed by atoms with Crippen LogP contribution in [-0.4, -0.2) is 50.1 Å². The average Bonchev–Trinajstić information content (AvgIpc) is 2.92. The Bertz CT molecular complexity index is 489. The lowest BCUT2D eigenvalue weighted by Gasteiger charge is -2.32. The van der Waals surface area contributed by atoms with Gasteiger partial charge in [-0.1, -0.05) is 30.3 Å². The molecule has 24 heavy (non-hydrogen) atoms. The van der Waals surface area contributed by atoms with Crippen molar-refractivity contribution >= 4 is 5.91 Å². The first-order chi connectivity index (χ1) is 11.8. The van der Waals surface area contributed by atoms with Crippen LogP contribution in [0.4, 0.5) is 0 Å². The van der Waals surface area contributed by atoms with Gasteiger partial charge < -0.3 is 15.5 Å². The molecule has 1 aromatic carbocycles. The number of carbonyl (C=O) groups excluding carboxylic acids is 1. The first-order valence-corrected chi connectivity index (χ1v) is 9.58. The molecule has 4 nitrogen and oxygen atoms in total. The number of benzene rings is 1. The summed E-state index contributed by atoms with van der Waals surface area (Å²) in [6.45, 7) is 6.09. The monoisotopic (exact) mass is 329 g/mol. The minimum atomic E-state index is 0.212. The minimum Gasteiger partial charge on any atom is -0.355 e. The highest BCUT2D eigenvalue weighted by atomic mass is 16.1. The Kier molecular flexibility index (Phi) is 6.67. The van der Waals surface area contributed by atoms with Crippen molar-refractivity contribution in [2.75, 3.05) is 39.3 Å². The molecule has 1 amide bonds. The summed E-state index contributed by atoms with van der Waals surface area (Å²) in [6.07, 6.45) is 5.58. The van der Waals surface area contributed by atoms with E-state index < -0.39 is 0 Å². The Morgan fingerprint density at radius 1 is 1.08 bits per heavy atom. The van der Waals surface area contributed by atoms with Gasteiger partial charge in [0.2, 0.25) is 5.91 Å². The van der Waals surface area contributed by atoms with Crippen molar-refractivity contribution in [2.24, 2.45) is 5.92 Å². The van der Waals surface area contributed by atoms with Gasteiger partial charge in [-0.25, -0.2) is 0 Å². The third kappa shape index (κ3) is 5.05. The SMILES string of the molecule is O=C(NCCN1CCC(c2ccccc2)CC1)[C@H]1CCCNCC1. The number of hydrogen-bond acceptors (Lipinski definition) is 3. The number of hydrogen-bond donors (Lipinski definition) is 2. The zero-order valence-electron chi connectivity index (χ0n) is 14.7. The molecular formula is C20H31N3O. The van der Waals surface area contributed by atoms with Crippen LogP contribution in [0.1, 0.15) is 43.6 Å². The van der Waals surface area contributed by atoms with Gasteiger partial charge in [-0.15, -0.1) is 0 Å². The Morgan fingerprint density at radius 3 is 2.67 bits per heavy atom. The van der Waals surface area contributed by atoms with E-state index in [-0.39, 0.29) is 11.8 Å². The number of nitrogens with one attached hydrogen (secondary N) is 2. The van der Waals surface area contributed by atoms with E-state index in [0.717, 1.165) is 58.5 Å². The second kappa shape index (κ2) is 9.19. The van der Waals surface area contributed by atoms with Crippen molar-refractivity contribution in [3.05, 3.63) is 35.9 Å². The van der Waals surface area contributed by atoms with Crippen LogP contribution in [0.3, 0.4) is 0 Å². The molecule has 1 aromatic rings. The van der Waals surface area contributed by atoms with Gasteiger partial charge in [-0.05, 0) is 69.8 Å². The van der Waals surface area contributed by atoms with Crippen LogP contribution in [-0.2, 0) is 4.79 Å². The van der Waals surface area contributed by atoms with Gasteiger partial charge in [0.05, 0.1) is 0 Å². The van der Waals surface area contributed by atoms with Crippen molar-refractivity contribution in [1.82, 2.24) is 15.5 Å². The molecule has 0 bridgehead atoms.